The molecule has 0 unspecified atom stereocenters. The zero-order chi connectivity index (χ0) is 9.30. The highest BCUT2D eigenvalue weighted by Crippen LogP contribution is 2.22. The molecule has 0 saturated carbocycles. The molecule has 0 saturated heterocycles. The van der Waals surface area contributed by atoms with Crippen LogP contribution in [-0.2, 0) is 0 Å². The number of nitro groups is 1. The summed E-state index contributed by atoms with van der Waals surface area (Å²) >= 11 is 0. The summed E-state index contributed by atoms with van der Waals surface area (Å²) < 4.78 is 12.5. The van der Waals surface area contributed by atoms with Crippen LogP contribution in [0.1, 0.15) is 0 Å². The summed E-state index contributed by atoms with van der Waals surface area (Å²) in [6.45, 7) is 0. The van der Waals surface area contributed by atoms with Crippen LogP contribution in [0, 0.1) is 15.9 Å². The first-order valence-electron chi connectivity index (χ1n) is 2.94. The summed E-state index contributed by atoms with van der Waals surface area (Å²) in [7, 11) is 5.06. The molecule has 0 aromatic heterocycles. The maximum Gasteiger partial charge on any atom is 0.312 e. The Balaban J connectivity index is 3.37. The minimum absolute atomic E-state index is 0.346. The Morgan fingerprint density at radius 2 is 2.17 bits per heavy atom. The number of hydrogen-bond donors (Lipinski definition) is 1. The van der Waals surface area contributed by atoms with Crippen molar-refractivity contribution >= 4 is 19.0 Å². The van der Waals surface area contributed by atoms with Gasteiger partial charge in [-0.3, -0.25) is 10.1 Å². The van der Waals surface area contributed by atoms with E-state index in [0.29, 0.717) is 6.07 Å². The van der Waals surface area contributed by atoms with Gasteiger partial charge in [-0.25, -0.2) is 4.39 Å². The molecule has 1 N–H and O–H groups in total. The van der Waals surface area contributed by atoms with Gasteiger partial charge < -0.3 is 5.11 Å². The van der Waals surface area contributed by atoms with E-state index in [9.17, 15) is 14.5 Å². The standard InChI is InChI=1S/C6H3BFNO3/c7-4-1-3(8)2-5(6(4)10)9(11)12/h1-2,10H. The van der Waals surface area contributed by atoms with Gasteiger partial charge in [0.1, 0.15) is 13.7 Å². The van der Waals surface area contributed by atoms with E-state index < -0.39 is 22.2 Å². The molecule has 0 aliphatic rings. The zero-order valence-corrected chi connectivity index (χ0v) is 5.82. The first kappa shape index (κ1) is 8.51. The highest BCUT2D eigenvalue weighted by molar-refractivity contribution is 6.34. The molecule has 2 radical (unpaired) electrons. The number of hydrogen-bond acceptors (Lipinski definition) is 3. The van der Waals surface area contributed by atoms with Crippen LogP contribution in [0.5, 0.6) is 5.75 Å². The average Bonchev–Trinajstić information content (AvgIpc) is 1.96. The fourth-order valence-corrected chi connectivity index (χ4v) is 0.745. The van der Waals surface area contributed by atoms with Crippen molar-refractivity contribution in [3.05, 3.63) is 28.1 Å². The SMILES string of the molecule is [B]c1cc(F)cc([N+](=O)[O-])c1O. The van der Waals surface area contributed by atoms with Crippen LogP contribution in [0.15, 0.2) is 12.1 Å². The van der Waals surface area contributed by atoms with E-state index in [1.54, 1.807) is 0 Å². The number of aromatic hydroxyl groups is 1. The molecule has 0 aliphatic carbocycles. The molecule has 0 amide bonds. The van der Waals surface area contributed by atoms with Gasteiger partial charge in [0.05, 0.1) is 11.0 Å². The van der Waals surface area contributed by atoms with E-state index >= 15 is 0 Å². The van der Waals surface area contributed by atoms with Crippen molar-refractivity contribution in [2.24, 2.45) is 0 Å². The monoisotopic (exact) mass is 167 g/mol. The number of phenolic OH excluding ortho intramolecular Hbond substituents is 1. The minimum atomic E-state index is -0.908. The molecular weight excluding hydrogens is 164 g/mol. The predicted octanol–water partition coefficient (Wildman–Crippen LogP) is 0.233. The Kier molecular flexibility index (Phi) is 1.99. The van der Waals surface area contributed by atoms with Crippen LogP contribution >= 0.6 is 0 Å². The summed E-state index contributed by atoms with van der Waals surface area (Å²) in [5, 5.41) is 19.1. The van der Waals surface area contributed by atoms with Gasteiger partial charge in [0.2, 0.25) is 0 Å². The second-order valence-corrected chi connectivity index (χ2v) is 2.12. The Bertz CT molecular complexity index is 342. The smallest absolute Gasteiger partial charge is 0.312 e. The maximum atomic E-state index is 12.5. The molecule has 1 aromatic rings. The van der Waals surface area contributed by atoms with Gasteiger partial charge >= 0.3 is 5.69 Å². The van der Waals surface area contributed by atoms with Gasteiger partial charge in [0.15, 0.2) is 5.75 Å². The summed E-state index contributed by atoms with van der Waals surface area (Å²) in [4.78, 5) is 9.24. The summed E-state index contributed by atoms with van der Waals surface area (Å²) in [6.07, 6.45) is 0. The van der Waals surface area contributed by atoms with Crippen molar-refractivity contribution in [2.75, 3.05) is 0 Å². The largest absolute Gasteiger partial charge is 0.503 e. The quantitative estimate of drug-likeness (QED) is 0.370. The van der Waals surface area contributed by atoms with Crippen LogP contribution < -0.4 is 5.46 Å². The normalized spacial score (nSPS) is 9.75. The molecule has 0 bridgehead atoms. The van der Waals surface area contributed by atoms with E-state index in [-0.39, 0.29) is 5.46 Å². The number of benzene rings is 1. The second kappa shape index (κ2) is 2.81. The minimum Gasteiger partial charge on any atom is -0.503 e. The van der Waals surface area contributed by atoms with Crippen molar-refractivity contribution in [2.45, 2.75) is 0 Å². The molecule has 0 spiro atoms. The third kappa shape index (κ3) is 1.36. The molecule has 12 heavy (non-hydrogen) atoms. The highest BCUT2D eigenvalue weighted by Gasteiger charge is 2.16. The number of rotatable bonds is 1. The van der Waals surface area contributed by atoms with Crippen LogP contribution in [0.2, 0.25) is 0 Å². The molecule has 6 heteroatoms. The maximum absolute atomic E-state index is 12.5. The van der Waals surface area contributed by atoms with E-state index in [1.807, 2.05) is 0 Å². The van der Waals surface area contributed by atoms with Crippen molar-refractivity contribution < 1.29 is 14.4 Å². The van der Waals surface area contributed by atoms with Crippen molar-refractivity contribution in [3.63, 3.8) is 0 Å². The molecule has 1 aromatic carbocycles. The fraction of sp³-hybridized carbons (Fsp3) is 0. The first-order chi connectivity index (χ1) is 5.52. The van der Waals surface area contributed by atoms with E-state index in [4.69, 9.17) is 13.0 Å². The van der Waals surface area contributed by atoms with Gasteiger partial charge in [0, 0.05) is 0 Å². The van der Waals surface area contributed by atoms with Gasteiger partial charge in [-0.1, -0.05) is 0 Å². The molecule has 0 fully saturated rings. The summed E-state index contributed by atoms with van der Waals surface area (Å²) in [5.41, 5.74) is -1.07. The lowest BCUT2D eigenvalue weighted by Crippen LogP contribution is -2.06. The van der Waals surface area contributed by atoms with Crippen molar-refractivity contribution in [1.29, 1.82) is 0 Å². The second-order valence-electron chi connectivity index (χ2n) is 2.12. The molecular formula is C6H3BFNO3. The first-order valence-corrected chi connectivity index (χ1v) is 2.94. The van der Waals surface area contributed by atoms with E-state index in [2.05, 4.69) is 0 Å². The average molecular weight is 167 g/mol. The highest BCUT2D eigenvalue weighted by atomic mass is 19.1. The lowest BCUT2D eigenvalue weighted by molar-refractivity contribution is -0.386. The number of halogens is 1. The summed E-state index contributed by atoms with van der Waals surface area (Å²) in [6, 6.07) is 1.41. The van der Waals surface area contributed by atoms with Gasteiger partial charge in [-0.15, -0.1) is 0 Å². The number of nitro benzene ring substituents is 1. The number of nitrogens with zero attached hydrogens (tertiary/aromatic N) is 1. The van der Waals surface area contributed by atoms with Crippen LogP contribution in [0.25, 0.3) is 0 Å². The number of phenols is 1. The molecule has 4 nitrogen and oxygen atoms in total. The Morgan fingerprint density at radius 1 is 1.58 bits per heavy atom. The van der Waals surface area contributed by atoms with Crippen molar-refractivity contribution in [1.82, 2.24) is 0 Å². The Labute approximate surface area is 68.2 Å². The van der Waals surface area contributed by atoms with E-state index in [0.717, 1.165) is 6.07 Å². The Hall–Kier alpha value is -1.59. The van der Waals surface area contributed by atoms with Gasteiger partial charge in [0.25, 0.3) is 0 Å². The van der Waals surface area contributed by atoms with Gasteiger partial charge in [-0.05, 0) is 11.5 Å². The summed E-state index contributed by atoms with van der Waals surface area (Å²) in [5.74, 6) is -1.56. The predicted molar refractivity (Wildman–Crippen MR) is 40.1 cm³/mol. The fourth-order valence-electron chi connectivity index (χ4n) is 0.745. The van der Waals surface area contributed by atoms with Gasteiger partial charge in [-0.2, -0.15) is 0 Å². The third-order valence-electron chi connectivity index (χ3n) is 1.28. The lowest BCUT2D eigenvalue weighted by Gasteiger charge is -1.99. The molecule has 60 valence electrons. The van der Waals surface area contributed by atoms with Crippen LogP contribution in [0.4, 0.5) is 10.1 Å². The molecule has 1 rings (SSSR count). The van der Waals surface area contributed by atoms with Crippen LogP contribution in [0.3, 0.4) is 0 Å². The third-order valence-corrected chi connectivity index (χ3v) is 1.28. The Morgan fingerprint density at radius 3 is 2.67 bits per heavy atom. The molecule has 0 heterocycles. The molecule has 0 atom stereocenters. The lowest BCUT2D eigenvalue weighted by atomic mass is 9.94. The van der Waals surface area contributed by atoms with Crippen LogP contribution in [-0.4, -0.2) is 17.9 Å². The van der Waals surface area contributed by atoms with Crippen molar-refractivity contribution in [3.8, 4) is 5.75 Å². The van der Waals surface area contributed by atoms with E-state index in [1.165, 1.54) is 0 Å². The molecule has 0 aliphatic heterocycles. The zero-order valence-electron chi connectivity index (χ0n) is 5.82. The topological polar surface area (TPSA) is 63.4 Å².